The number of hydrogen-bond donors (Lipinski definition) is 2. The van der Waals surface area contributed by atoms with Gasteiger partial charge in [-0.25, -0.2) is 4.39 Å². The molecule has 4 nitrogen and oxygen atoms in total. The van der Waals surface area contributed by atoms with E-state index in [1.165, 1.54) is 18.2 Å². The topological polar surface area (TPSA) is 60.8 Å². The Hall–Kier alpha value is -1.40. The first kappa shape index (κ1) is 16.0. The molecule has 1 aliphatic heterocycles. The molecule has 1 aliphatic rings. The Morgan fingerprint density at radius 3 is 2.86 bits per heavy atom. The molecule has 1 heterocycles. The van der Waals surface area contributed by atoms with E-state index in [1.54, 1.807) is 4.90 Å². The molecule has 1 unspecified atom stereocenters. The highest BCUT2D eigenvalue weighted by Gasteiger charge is 2.30. The van der Waals surface area contributed by atoms with E-state index in [2.05, 4.69) is 6.92 Å². The van der Waals surface area contributed by atoms with Crippen molar-refractivity contribution in [3.63, 3.8) is 0 Å². The molecule has 1 fully saturated rings. The molecule has 0 spiro atoms. The third kappa shape index (κ3) is 3.44. The minimum absolute atomic E-state index is 0.0800. The maximum Gasteiger partial charge on any atom is 0.491 e. The maximum atomic E-state index is 14.3. The van der Waals surface area contributed by atoms with Crippen molar-refractivity contribution < 1.29 is 19.2 Å². The quantitative estimate of drug-likeness (QED) is 0.823. The number of hydrogen-bond acceptors (Lipinski definition) is 3. The van der Waals surface area contributed by atoms with Crippen molar-refractivity contribution in [2.75, 3.05) is 6.54 Å². The van der Waals surface area contributed by atoms with E-state index in [-0.39, 0.29) is 23.0 Å². The Morgan fingerprint density at radius 2 is 2.19 bits per heavy atom. The van der Waals surface area contributed by atoms with Gasteiger partial charge in [-0.3, -0.25) is 4.79 Å². The largest absolute Gasteiger partial charge is 0.491 e. The van der Waals surface area contributed by atoms with Crippen LogP contribution in [0.4, 0.5) is 4.39 Å². The molecule has 114 valence electrons. The lowest BCUT2D eigenvalue weighted by molar-refractivity contribution is 0.0596. The number of carbonyl (C=O) groups is 1. The molecular formula is C15H21BFNO3. The van der Waals surface area contributed by atoms with E-state index in [9.17, 15) is 9.18 Å². The van der Waals surface area contributed by atoms with Crippen LogP contribution in [0.3, 0.4) is 0 Å². The van der Waals surface area contributed by atoms with E-state index in [0.29, 0.717) is 6.54 Å². The summed E-state index contributed by atoms with van der Waals surface area (Å²) < 4.78 is 14.3. The summed E-state index contributed by atoms with van der Waals surface area (Å²) in [7, 11) is -1.91. The molecule has 1 saturated heterocycles. The van der Waals surface area contributed by atoms with Gasteiger partial charge in [0.15, 0.2) is 0 Å². The number of piperidine rings is 1. The van der Waals surface area contributed by atoms with Crippen molar-refractivity contribution in [3.05, 3.63) is 29.6 Å². The number of nitrogens with zero attached hydrogens (tertiary/aromatic N) is 1. The van der Waals surface area contributed by atoms with Crippen molar-refractivity contribution in [2.45, 2.75) is 45.1 Å². The van der Waals surface area contributed by atoms with Gasteiger partial charge in [0, 0.05) is 18.0 Å². The third-order valence-electron chi connectivity index (χ3n) is 4.05. The fraction of sp³-hybridized carbons (Fsp3) is 0.533. The lowest BCUT2D eigenvalue weighted by Gasteiger charge is -2.36. The Bertz CT molecular complexity index is 508. The van der Waals surface area contributed by atoms with Crippen LogP contribution in [0.25, 0.3) is 0 Å². The van der Waals surface area contributed by atoms with Crippen LogP contribution in [0.2, 0.25) is 0 Å². The third-order valence-corrected chi connectivity index (χ3v) is 4.05. The zero-order chi connectivity index (χ0) is 15.4. The molecule has 1 amide bonds. The van der Waals surface area contributed by atoms with Gasteiger partial charge in [0.25, 0.3) is 5.91 Å². The Balaban J connectivity index is 2.28. The zero-order valence-corrected chi connectivity index (χ0v) is 12.3. The summed E-state index contributed by atoms with van der Waals surface area (Å²) in [6, 6.07) is 4.31. The van der Waals surface area contributed by atoms with Crippen LogP contribution in [0.15, 0.2) is 18.2 Å². The lowest BCUT2D eigenvalue weighted by Crippen LogP contribution is -2.45. The molecule has 21 heavy (non-hydrogen) atoms. The highest BCUT2D eigenvalue weighted by molar-refractivity contribution is 6.58. The average molecular weight is 293 g/mol. The van der Waals surface area contributed by atoms with Crippen LogP contribution in [0, 0.1) is 5.82 Å². The second-order valence-electron chi connectivity index (χ2n) is 5.52. The van der Waals surface area contributed by atoms with Crippen molar-refractivity contribution in [2.24, 2.45) is 0 Å². The second kappa shape index (κ2) is 7.05. The fourth-order valence-corrected chi connectivity index (χ4v) is 2.97. The van der Waals surface area contributed by atoms with Crippen LogP contribution in [-0.4, -0.2) is 40.6 Å². The van der Waals surface area contributed by atoms with Gasteiger partial charge in [-0.05, 0) is 31.7 Å². The number of amides is 1. The highest BCUT2D eigenvalue weighted by Crippen LogP contribution is 2.23. The summed E-state index contributed by atoms with van der Waals surface area (Å²) in [5.41, 5.74) is -0.339. The molecule has 2 rings (SSSR count). The Morgan fingerprint density at radius 1 is 1.43 bits per heavy atom. The minimum atomic E-state index is -1.91. The van der Waals surface area contributed by atoms with Gasteiger partial charge < -0.3 is 14.9 Å². The summed E-state index contributed by atoms with van der Waals surface area (Å²) in [6.45, 7) is 2.70. The predicted molar refractivity (Wildman–Crippen MR) is 79.8 cm³/mol. The summed E-state index contributed by atoms with van der Waals surface area (Å²) in [4.78, 5) is 14.3. The van der Waals surface area contributed by atoms with E-state index >= 15 is 0 Å². The van der Waals surface area contributed by atoms with E-state index in [4.69, 9.17) is 10.0 Å². The van der Waals surface area contributed by atoms with Gasteiger partial charge in [-0.2, -0.15) is 0 Å². The molecule has 1 atom stereocenters. The first-order chi connectivity index (χ1) is 10.1. The van der Waals surface area contributed by atoms with Gasteiger partial charge >= 0.3 is 7.12 Å². The fourth-order valence-electron chi connectivity index (χ4n) is 2.97. The standard InChI is InChI=1S/C15H21BFNO3/c1-2-6-11-7-3-4-10-18(11)15(19)12-8-5-9-13(14(12)17)16(20)21/h5,8-9,11,20-21H,2-4,6-7,10H2,1H3. The first-order valence-electron chi connectivity index (χ1n) is 7.51. The molecule has 6 heteroatoms. The SMILES string of the molecule is CCCC1CCCCN1C(=O)c1cccc(B(O)O)c1F. The molecule has 2 N–H and O–H groups in total. The second-order valence-corrected chi connectivity index (χ2v) is 5.52. The summed E-state index contributed by atoms with van der Waals surface area (Å²) >= 11 is 0. The smallest absolute Gasteiger partial charge is 0.423 e. The molecule has 0 saturated carbocycles. The number of rotatable bonds is 4. The van der Waals surface area contributed by atoms with Gasteiger partial charge in [0.2, 0.25) is 0 Å². The number of carbonyl (C=O) groups excluding carboxylic acids is 1. The van der Waals surface area contributed by atoms with Crippen molar-refractivity contribution in [1.29, 1.82) is 0 Å². The first-order valence-corrected chi connectivity index (χ1v) is 7.51. The van der Waals surface area contributed by atoms with E-state index < -0.39 is 12.9 Å². The van der Waals surface area contributed by atoms with Gasteiger partial charge in [-0.15, -0.1) is 0 Å². The minimum Gasteiger partial charge on any atom is -0.423 e. The number of benzene rings is 1. The molecule has 0 radical (unpaired) electrons. The predicted octanol–water partition coefficient (Wildman–Crippen LogP) is 1.30. The maximum absolute atomic E-state index is 14.3. The van der Waals surface area contributed by atoms with Gasteiger partial charge in [-0.1, -0.05) is 25.5 Å². The van der Waals surface area contributed by atoms with Crippen molar-refractivity contribution >= 4 is 18.5 Å². The van der Waals surface area contributed by atoms with E-state index in [1.807, 2.05) is 0 Å². The molecule has 0 aromatic heterocycles. The van der Waals surface area contributed by atoms with Crippen LogP contribution < -0.4 is 5.46 Å². The molecule has 1 aromatic carbocycles. The van der Waals surface area contributed by atoms with Crippen LogP contribution in [0.5, 0.6) is 0 Å². The average Bonchev–Trinajstić information content (AvgIpc) is 2.47. The number of halogens is 1. The zero-order valence-electron chi connectivity index (χ0n) is 12.3. The highest BCUT2D eigenvalue weighted by atomic mass is 19.1. The van der Waals surface area contributed by atoms with E-state index in [0.717, 1.165) is 32.1 Å². The van der Waals surface area contributed by atoms with Crippen molar-refractivity contribution in [3.8, 4) is 0 Å². The molecule has 1 aromatic rings. The molecular weight excluding hydrogens is 272 g/mol. The molecule has 0 bridgehead atoms. The summed E-state index contributed by atoms with van der Waals surface area (Å²) in [6.07, 6.45) is 4.85. The Labute approximate surface area is 124 Å². The summed E-state index contributed by atoms with van der Waals surface area (Å²) in [5.74, 6) is -1.19. The molecule has 0 aliphatic carbocycles. The monoisotopic (exact) mass is 293 g/mol. The normalized spacial score (nSPS) is 18.7. The van der Waals surface area contributed by atoms with Crippen LogP contribution in [0.1, 0.15) is 49.4 Å². The summed E-state index contributed by atoms with van der Waals surface area (Å²) in [5, 5.41) is 18.3. The van der Waals surface area contributed by atoms with Crippen molar-refractivity contribution in [1.82, 2.24) is 4.90 Å². The Kier molecular flexibility index (Phi) is 5.36. The lowest BCUT2D eigenvalue weighted by atomic mass is 9.79. The van der Waals surface area contributed by atoms with Crippen LogP contribution >= 0.6 is 0 Å². The number of likely N-dealkylation sites (tertiary alicyclic amines) is 1. The van der Waals surface area contributed by atoms with Gasteiger partial charge in [0.05, 0.1) is 5.56 Å². The van der Waals surface area contributed by atoms with Crippen LogP contribution in [-0.2, 0) is 0 Å². The van der Waals surface area contributed by atoms with Gasteiger partial charge in [0.1, 0.15) is 5.82 Å².